The third-order valence-electron chi connectivity index (χ3n) is 3.91. The number of thiazole rings is 1. The van der Waals surface area contributed by atoms with Gasteiger partial charge in [0.15, 0.2) is 0 Å². The lowest BCUT2D eigenvalue weighted by Gasteiger charge is -2.11. The van der Waals surface area contributed by atoms with Crippen LogP contribution in [0.3, 0.4) is 0 Å². The number of aryl methyl sites for hydroxylation is 2. The molecule has 132 valence electrons. The largest absolute Gasteiger partial charge is 0.496 e. The number of anilines is 1. The summed E-state index contributed by atoms with van der Waals surface area (Å²) in [7, 11) is -2.18. The van der Waals surface area contributed by atoms with Crippen LogP contribution in [0.15, 0.2) is 46.1 Å². The summed E-state index contributed by atoms with van der Waals surface area (Å²) in [4.78, 5) is 12.0. The average molecular weight is 378 g/mol. The van der Waals surface area contributed by atoms with Gasteiger partial charge in [0.05, 0.1) is 27.9 Å². The Balaban J connectivity index is 1.96. The second kappa shape index (κ2) is 6.53. The highest BCUT2D eigenvalue weighted by Gasteiger charge is 2.16. The van der Waals surface area contributed by atoms with Gasteiger partial charge in [-0.2, -0.15) is 0 Å². The monoisotopic (exact) mass is 378 g/mol. The Morgan fingerprint density at radius 3 is 2.60 bits per heavy atom. The number of sulfonamides is 1. The van der Waals surface area contributed by atoms with Crippen molar-refractivity contribution in [3.8, 4) is 5.75 Å². The van der Waals surface area contributed by atoms with E-state index in [1.165, 1.54) is 13.2 Å². The third kappa shape index (κ3) is 3.27. The van der Waals surface area contributed by atoms with Crippen LogP contribution in [-0.2, 0) is 16.6 Å². The summed E-state index contributed by atoms with van der Waals surface area (Å²) in [5, 5.41) is 0. The fourth-order valence-corrected chi connectivity index (χ4v) is 4.79. The van der Waals surface area contributed by atoms with Gasteiger partial charge < -0.3 is 4.74 Å². The summed E-state index contributed by atoms with van der Waals surface area (Å²) in [5.41, 5.74) is 1.96. The maximum atomic E-state index is 12.6. The predicted octanol–water partition coefficient (Wildman–Crippen LogP) is 3.20. The molecule has 0 saturated carbocycles. The van der Waals surface area contributed by atoms with Gasteiger partial charge in [-0.3, -0.25) is 14.1 Å². The van der Waals surface area contributed by atoms with Gasteiger partial charge in [0, 0.05) is 6.54 Å². The molecule has 0 aliphatic carbocycles. The lowest BCUT2D eigenvalue weighted by molar-refractivity contribution is 0.411. The van der Waals surface area contributed by atoms with Gasteiger partial charge in [-0.05, 0) is 55.8 Å². The molecule has 0 radical (unpaired) electrons. The summed E-state index contributed by atoms with van der Waals surface area (Å²) in [5.74, 6) is 0.631. The molecule has 0 spiro atoms. The van der Waals surface area contributed by atoms with Crippen LogP contribution in [-0.4, -0.2) is 20.1 Å². The van der Waals surface area contributed by atoms with Crippen molar-refractivity contribution < 1.29 is 13.2 Å². The van der Waals surface area contributed by atoms with Gasteiger partial charge in [-0.25, -0.2) is 8.42 Å². The number of fused-ring (bicyclic) bond motifs is 1. The number of hydrogen-bond donors (Lipinski definition) is 1. The second-order valence-corrected chi connectivity index (χ2v) is 8.21. The van der Waals surface area contributed by atoms with E-state index < -0.39 is 10.0 Å². The zero-order valence-corrected chi connectivity index (χ0v) is 15.7. The van der Waals surface area contributed by atoms with Crippen molar-refractivity contribution in [2.45, 2.75) is 25.3 Å². The predicted molar refractivity (Wildman–Crippen MR) is 100 cm³/mol. The molecular weight excluding hydrogens is 360 g/mol. The normalized spacial score (nSPS) is 11.6. The van der Waals surface area contributed by atoms with E-state index in [1.807, 2.05) is 6.92 Å². The number of hydrogen-bond acceptors (Lipinski definition) is 5. The van der Waals surface area contributed by atoms with E-state index in [2.05, 4.69) is 4.72 Å². The minimum Gasteiger partial charge on any atom is -0.496 e. The molecular formula is C17H18N2O4S2. The van der Waals surface area contributed by atoms with Gasteiger partial charge in [0.2, 0.25) is 0 Å². The van der Waals surface area contributed by atoms with E-state index in [0.29, 0.717) is 18.0 Å². The number of aromatic nitrogens is 1. The van der Waals surface area contributed by atoms with Gasteiger partial charge in [-0.1, -0.05) is 11.3 Å². The number of ether oxygens (including phenoxy) is 1. The Morgan fingerprint density at radius 1 is 1.20 bits per heavy atom. The highest BCUT2D eigenvalue weighted by Crippen LogP contribution is 2.26. The summed E-state index contributed by atoms with van der Waals surface area (Å²) >= 11 is 1.10. The van der Waals surface area contributed by atoms with Crippen LogP contribution in [0, 0.1) is 6.92 Å². The van der Waals surface area contributed by atoms with Crippen molar-refractivity contribution in [1.29, 1.82) is 0 Å². The average Bonchev–Trinajstić information content (AvgIpc) is 2.88. The first-order chi connectivity index (χ1) is 11.9. The van der Waals surface area contributed by atoms with Crippen LogP contribution < -0.4 is 14.3 Å². The minimum absolute atomic E-state index is 0.0525. The van der Waals surface area contributed by atoms with Gasteiger partial charge in [0.1, 0.15) is 5.75 Å². The van der Waals surface area contributed by atoms with Gasteiger partial charge in [0.25, 0.3) is 10.0 Å². The molecule has 25 heavy (non-hydrogen) atoms. The van der Waals surface area contributed by atoms with Gasteiger partial charge in [-0.15, -0.1) is 0 Å². The summed E-state index contributed by atoms with van der Waals surface area (Å²) in [6, 6.07) is 9.79. The van der Waals surface area contributed by atoms with E-state index in [4.69, 9.17) is 4.74 Å². The van der Waals surface area contributed by atoms with Crippen LogP contribution in [0.25, 0.3) is 10.2 Å². The smallest absolute Gasteiger partial charge is 0.308 e. The van der Waals surface area contributed by atoms with Crippen LogP contribution in [0.5, 0.6) is 5.75 Å². The van der Waals surface area contributed by atoms with Crippen LogP contribution in [0.1, 0.15) is 12.5 Å². The molecule has 0 amide bonds. The Hall–Kier alpha value is -2.32. The van der Waals surface area contributed by atoms with E-state index in [1.54, 1.807) is 41.8 Å². The van der Waals surface area contributed by atoms with Crippen molar-refractivity contribution in [3.05, 3.63) is 51.6 Å². The molecule has 8 heteroatoms. The van der Waals surface area contributed by atoms with Gasteiger partial charge >= 0.3 is 4.87 Å². The maximum absolute atomic E-state index is 12.6. The Morgan fingerprint density at radius 2 is 1.96 bits per heavy atom. The second-order valence-electron chi connectivity index (χ2n) is 5.53. The van der Waals surface area contributed by atoms with Crippen molar-refractivity contribution >= 4 is 37.3 Å². The van der Waals surface area contributed by atoms with Crippen molar-refractivity contribution in [1.82, 2.24) is 4.57 Å². The van der Waals surface area contributed by atoms with Crippen LogP contribution >= 0.6 is 11.3 Å². The Bertz CT molecular complexity index is 1100. The third-order valence-corrected chi connectivity index (χ3v) is 6.23. The SMILES string of the molecule is CCn1c(=O)sc2cc(NS(=O)(=O)c3ccc(OC)c(C)c3)ccc21. The minimum atomic E-state index is -3.72. The molecule has 6 nitrogen and oxygen atoms in total. The van der Waals surface area contributed by atoms with E-state index in [9.17, 15) is 13.2 Å². The van der Waals surface area contributed by atoms with Crippen molar-refractivity contribution in [2.75, 3.05) is 11.8 Å². The standard InChI is InChI=1S/C17H18N2O4S2/c1-4-19-14-7-5-12(10-16(14)24-17(19)20)18-25(21,22)13-6-8-15(23-3)11(2)9-13/h5-10,18H,4H2,1-3H3. The molecule has 1 heterocycles. The molecule has 0 aliphatic rings. The lowest BCUT2D eigenvalue weighted by Crippen LogP contribution is -2.13. The molecule has 1 aromatic heterocycles. The molecule has 3 rings (SSSR count). The Labute approximate surface area is 149 Å². The zero-order chi connectivity index (χ0) is 18.2. The first-order valence-electron chi connectivity index (χ1n) is 7.66. The summed E-state index contributed by atoms with van der Waals surface area (Å²) < 4.78 is 35.3. The van der Waals surface area contributed by atoms with E-state index in [0.717, 1.165) is 27.1 Å². The fraction of sp³-hybridized carbons (Fsp3) is 0.235. The fourth-order valence-electron chi connectivity index (χ4n) is 2.66. The molecule has 0 aliphatic heterocycles. The van der Waals surface area contributed by atoms with E-state index >= 15 is 0 Å². The maximum Gasteiger partial charge on any atom is 0.308 e. The number of benzene rings is 2. The number of nitrogens with one attached hydrogen (secondary N) is 1. The van der Waals surface area contributed by atoms with Crippen molar-refractivity contribution in [2.24, 2.45) is 0 Å². The summed E-state index contributed by atoms with van der Waals surface area (Å²) in [6.07, 6.45) is 0. The molecule has 0 fully saturated rings. The quantitative estimate of drug-likeness (QED) is 0.740. The lowest BCUT2D eigenvalue weighted by atomic mass is 10.2. The molecule has 2 aromatic carbocycles. The number of rotatable bonds is 5. The highest BCUT2D eigenvalue weighted by atomic mass is 32.2. The molecule has 3 aromatic rings. The Kier molecular flexibility index (Phi) is 4.57. The topological polar surface area (TPSA) is 77.4 Å². The molecule has 1 N–H and O–H groups in total. The van der Waals surface area contributed by atoms with Crippen LogP contribution in [0.4, 0.5) is 5.69 Å². The molecule has 0 saturated heterocycles. The van der Waals surface area contributed by atoms with E-state index in [-0.39, 0.29) is 9.77 Å². The number of methoxy groups -OCH3 is 1. The molecule has 0 unspecified atom stereocenters. The highest BCUT2D eigenvalue weighted by molar-refractivity contribution is 7.92. The summed E-state index contributed by atoms with van der Waals surface area (Å²) in [6.45, 7) is 4.26. The van der Waals surface area contributed by atoms with Crippen LogP contribution in [0.2, 0.25) is 0 Å². The first kappa shape index (κ1) is 17.5. The number of nitrogens with zero attached hydrogens (tertiary/aromatic N) is 1. The zero-order valence-electron chi connectivity index (χ0n) is 14.1. The van der Waals surface area contributed by atoms with Crippen molar-refractivity contribution in [3.63, 3.8) is 0 Å². The first-order valence-corrected chi connectivity index (χ1v) is 9.96. The molecule has 0 bridgehead atoms. The molecule has 0 atom stereocenters.